The van der Waals surface area contributed by atoms with Crippen molar-refractivity contribution in [1.29, 1.82) is 0 Å². The Hall–Kier alpha value is -1.90. The van der Waals surface area contributed by atoms with Crippen LogP contribution in [0, 0.1) is 0 Å². The lowest BCUT2D eigenvalue weighted by Crippen LogP contribution is -2.53. The fraction of sp³-hybridized carbons (Fsp3) is 0.692. The molecule has 0 radical (unpaired) electrons. The van der Waals surface area contributed by atoms with Gasteiger partial charge in [-0.05, 0) is 44.6 Å². The quantitative estimate of drug-likeness (QED) is 0.699. The Balaban J connectivity index is 1.37. The summed E-state index contributed by atoms with van der Waals surface area (Å²) in [6.45, 7) is 6.88. The van der Waals surface area contributed by atoms with Crippen LogP contribution in [0.2, 0.25) is 6.82 Å². The van der Waals surface area contributed by atoms with Crippen molar-refractivity contribution in [3.05, 3.63) is 34.6 Å². The first-order valence-electron chi connectivity index (χ1n) is 13.5. The maximum Gasteiger partial charge on any atom is 0.376 e. The molecule has 1 N–H and O–H groups in total. The van der Waals surface area contributed by atoms with Crippen molar-refractivity contribution in [3.8, 4) is 0 Å². The minimum Gasteiger partial charge on any atom is -0.437 e. The topological polar surface area (TPSA) is 64.8 Å². The maximum absolute atomic E-state index is 13.8. The van der Waals surface area contributed by atoms with Crippen molar-refractivity contribution in [2.24, 2.45) is 0 Å². The van der Waals surface area contributed by atoms with E-state index in [2.05, 4.69) is 20.4 Å². The molecule has 2 aromatic rings. The van der Waals surface area contributed by atoms with E-state index in [1.807, 2.05) is 23.0 Å². The summed E-state index contributed by atoms with van der Waals surface area (Å²) in [5, 5.41) is 9.91. The van der Waals surface area contributed by atoms with Crippen LogP contribution in [0.3, 0.4) is 0 Å². The minimum absolute atomic E-state index is 0.0496. The molecule has 8 heteroatoms. The third-order valence-corrected chi connectivity index (χ3v) is 8.38. The standard InChI is InChI=1S/C26H40BN5O2/c1-27(34)31-19-17-30(18-20-31)25-26(33)32(24-12-8-7-11-23(24)28-25)22-13-15-29(16-14-22)21-9-5-3-2-4-6-10-21/h7-8,11-12,21-22,34H,2-6,9-10,13-20H2,1H3. The number of nitrogens with zero attached hydrogens (tertiary/aromatic N) is 5. The molecule has 1 aromatic carbocycles. The van der Waals surface area contributed by atoms with Crippen LogP contribution >= 0.6 is 0 Å². The Labute approximate surface area is 203 Å². The summed E-state index contributed by atoms with van der Waals surface area (Å²) in [6.07, 6.45) is 11.6. The number of piperazine rings is 1. The molecule has 1 aliphatic carbocycles. The summed E-state index contributed by atoms with van der Waals surface area (Å²) in [5.41, 5.74) is 1.91. The molecule has 184 valence electrons. The zero-order valence-electron chi connectivity index (χ0n) is 20.7. The van der Waals surface area contributed by atoms with Crippen molar-refractivity contribution in [1.82, 2.24) is 19.3 Å². The highest BCUT2D eigenvalue weighted by molar-refractivity contribution is 6.45. The van der Waals surface area contributed by atoms with Gasteiger partial charge in [-0.25, -0.2) is 4.98 Å². The van der Waals surface area contributed by atoms with E-state index in [-0.39, 0.29) is 11.6 Å². The van der Waals surface area contributed by atoms with E-state index in [0.29, 0.717) is 18.9 Å². The molecule has 1 saturated carbocycles. The molecule has 2 saturated heterocycles. The Morgan fingerprint density at radius 3 is 2.18 bits per heavy atom. The minimum atomic E-state index is -0.452. The van der Waals surface area contributed by atoms with E-state index in [1.165, 1.54) is 44.9 Å². The second-order valence-electron chi connectivity index (χ2n) is 10.5. The van der Waals surface area contributed by atoms with Crippen LogP contribution in [0.5, 0.6) is 0 Å². The van der Waals surface area contributed by atoms with E-state index in [9.17, 15) is 9.82 Å². The third kappa shape index (κ3) is 5.04. The van der Waals surface area contributed by atoms with Gasteiger partial charge in [-0.15, -0.1) is 0 Å². The number of anilines is 1. The molecule has 3 heterocycles. The molecule has 0 unspecified atom stereocenters. The van der Waals surface area contributed by atoms with Crippen LogP contribution < -0.4 is 10.5 Å². The second-order valence-corrected chi connectivity index (χ2v) is 10.5. The fourth-order valence-electron chi connectivity index (χ4n) is 6.33. The number of likely N-dealkylation sites (tertiary alicyclic amines) is 1. The highest BCUT2D eigenvalue weighted by atomic mass is 16.2. The van der Waals surface area contributed by atoms with Crippen LogP contribution in [0.4, 0.5) is 5.82 Å². The summed E-state index contributed by atoms with van der Waals surface area (Å²) >= 11 is 0. The van der Waals surface area contributed by atoms with Gasteiger partial charge < -0.3 is 24.2 Å². The van der Waals surface area contributed by atoms with Gasteiger partial charge in [0.1, 0.15) is 0 Å². The van der Waals surface area contributed by atoms with Crippen LogP contribution in [0.25, 0.3) is 11.0 Å². The van der Waals surface area contributed by atoms with Gasteiger partial charge >= 0.3 is 7.05 Å². The first kappa shape index (κ1) is 23.8. The van der Waals surface area contributed by atoms with Crippen molar-refractivity contribution >= 4 is 23.9 Å². The van der Waals surface area contributed by atoms with Crippen molar-refractivity contribution in [2.45, 2.75) is 76.7 Å². The monoisotopic (exact) mass is 465 g/mol. The molecule has 0 amide bonds. The lowest BCUT2D eigenvalue weighted by molar-refractivity contribution is 0.116. The van der Waals surface area contributed by atoms with Crippen LogP contribution in [-0.4, -0.2) is 76.6 Å². The molecule has 2 aliphatic heterocycles. The molecule has 7 nitrogen and oxygen atoms in total. The molecule has 0 spiro atoms. The predicted molar refractivity (Wildman–Crippen MR) is 140 cm³/mol. The molecule has 34 heavy (non-hydrogen) atoms. The average Bonchev–Trinajstić information content (AvgIpc) is 2.84. The Bertz CT molecular complexity index is 1000. The molecule has 0 atom stereocenters. The number of hydrogen-bond donors (Lipinski definition) is 1. The second kappa shape index (κ2) is 10.8. The van der Waals surface area contributed by atoms with Gasteiger partial charge in [0.15, 0.2) is 5.82 Å². The number of fused-ring (bicyclic) bond motifs is 1. The Kier molecular flexibility index (Phi) is 7.56. The fourth-order valence-corrected chi connectivity index (χ4v) is 6.33. The molecule has 0 bridgehead atoms. The van der Waals surface area contributed by atoms with Gasteiger partial charge in [-0.1, -0.05) is 44.2 Å². The molecule has 3 fully saturated rings. The zero-order chi connectivity index (χ0) is 23.5. The van der Waals surface area contributed by atoms with Crippen LogP contribution in [-0.2, 0) is 0 Å². The molecule has 3 aliphatic rings. The first-order valence-corrected chi connectivity index (χ1v) is 13.5. The number of para-hydroxylation sites is 2. The Morgan fingerprint density at radius 1 is 0.853 bits per heavy atom. The summed E-state index contributed by atoms with van der Waals surface area (Å²) < 4.78 is 2.06. The van der Waals surface area contributed by atoms with Gasteiger partial charge in [0.05, 0.1) is 11.0 Å². The third-order valence-electron chi connectivity index (χ3n) is 8.38. The number of piperidine rings is 1. The van der Waals surface area contributed by atoms with E-state index in [0.717, 1.165) is 56.1 Å². The summed E-state index contributed by atoms with van der Waals surface area (Å²) in [7, 11) is -0.452. The molecular weight excluding hydrogens is 425 g/mol. The van der Waals surface area contributed by atoms with Gasteiger partial charge in [-0.2, -0.15) is 0 Å². The van der Waals surface area contributed by atoms with Crippen molar-refractivity contribution < 1.29 is 5.02 Å². The van der Waals surface area contributed by atoms with E-state index >= 15 is 0 Å². The number of benzene rings is 1. The lowest BCUT2D eigenvalue weighted by Gasteiger charge is -2.39. The van der Waals surface area contributed by atoms with Crippen molar-refractivity contribution in [2.75, 3.05) is 44.2 Å². The molecule has 5 rings (SSSR count). The summed E-state index contributed by atoms with van der Waals surface area (Å²) in [4.78, 5) is 25.6. The lowest BCUT2D eigenvalue weighted by atomic mass is 9.84. The van der Waals surface area contributed by atoms with Gasteiger partial charge in [0.25, 0.3) is 5.56 Å². The number of rotatable bonds is 4. The van der Waals surface area contributed by atoms with E-state index in [4.69, 9.17) is 4.98 Å². The molecular formula is C26H40BN5O2. The van der Waals surface area contributed by atoms with E-state index in [1.54, 1.807) is 6.82 Å². The predicted octanol–water partition coefficient (Wildman–Crippen LogP) is 3.38. The van der Waals surface area contributed by atoms with Crippen LogP contribution in [0.15, 0.2) is 29.1 Å². The van der Waals surface area contributed by atoms with E-state index < -0.39 is 7.05 Å². The van der Waals surface area contributed by atoms with Gasteiger partial charge in [0, 0.05) is 51.4 Å². The van der Waals surface area contributed by atoms with Crippen LogP contribution in [0.1, 0.15) is 63.8 Å². The zero-order valence-corrected chi connectivity index (χ0v) is 20.7. The largest absolute Gasteiger partial charge is 0.437 e. The number of aromatic nitrogens is 2. The molecule has 1 aromatic heterocycles. The first-order chi connectivity index (χ1) is 16.6. The Morgan fingerprint density at radius 2 is 1.50 bits per heavy atom. The van der Waals surface area contributed by atoms with Crippen molar-refractivity contribution in [3.63, 3.8) is 0 Å². The maximum atomic E-state index is 13.8. The average molecular weight is 465 g/mol. The van der Waals surface area contributed by atoms with Gasteiger partial charge in [-0.3, -0.25) is 4.79 Å². The van der Waals surface area contributed by atoms with Gasteiger partial charge in [0.2, 0.25) is 0 Å². The smallest absolute Gasteiger partial charge is 0.376 e. The highest BCUT2D eigenvalue weighted by Gasteiger charge is 2.30. The highest BCUT2D eigenvalue weighted by Crippen LogP contribution is 2.30. The SMILES string of the molecule is CB(O)N1CCN(c2nc3ccccc3n(C3CCN(C4CCCCCCC4)CC3)c2=O)CC1. The summed E-state index contributed by atoms with van der Waals surface area (Å²) in [6, 6.07) is 9.07. The summed E-state index contributed by atoms with van der Waals surface area (Å²) in [5.74, 6) is 0.575. The number of hydrogen-bond acceptors (Lipinski definition) is 6. The normalized spacial score (nSPS) is 22.6.